The van der Waals surface area contributed by atoms with Crippen molar-refractivity contribution in [2.24, 2.45) is 5.14 Å². The van der Waals surface area contributed by atoms with Crippen molar-refractivity contribution in [2.45, 2.75) is 6.54 Å². The molecule has 0 heterocycles. The quantitative estimate of drug-likeness (QED) is 0.791. The summed E-state index contributed by atoms with van der Waals surface area (Å²) in [6, 6.07) is 9.43. The zero-order chi connectivity index (χ0) is 15.5. The summed E-state index contributed by atoms with van der Waals surface area (Å²) in [6.07, 6.45) is 0. The maximum Gasteiger partial charge on any atom is 0.296 e. The van der Waals surface area contributed by atoms with E-state index in [1.54, 1.807) is 12.1 Å². The van der Waals surface area contributed by atoms with Crippen LogP contribution in [-0.2, 0) is 16.8 Å². The molecule has 0 bridgehead atoms. The van der Waals surface area contributed by atoms with Crippen molar-refractivity contribution in [1.29, 1.82) is 0 Å². The highest BCUT2D eigenvalue weighted by atomic mass is 32.2. The van der Waals surface area contributed by atoms with Crippen LogP contribution in [-0.4, -0.2) is 8.42 Å². The van der Waals surface area contributed by atoms with E-state index in [9.17, 15) is 17.2 Å². The van der Waals surface area contributed by atoms with Crippen LogP contribution in [0.25, 0.3) is 0 Å². The normalized spacial score (nSPS) is 11.2. The van der Waals surface area contributed by atoms with Gasteiger partial charge in [0, 0.05) is 17.8 Å². The lowest BCUT2D eigenvalue weighted by Gasteiger charge is -2.10. The summed E-state index contributed by atoms with van der Waals surface area (Å²) in [7, 11) is -3.86. The highest BCUT2D eigenvalue weighted by Gasteiger charge is 2.05. The lowest BCUT2D eigenvalue weighted by molar-refractivity contribution is 0.587. The maximum atomic E-state index is 13.5. The summed E-state index contributed by atoms with van der Waals surface area (Å²) in [5.41, 5.74) is 0.967. The predicted molar refractivity (Wildman–Crippen MR) is 76.9 cm³/mol. The predicted octanol–water partition coefficient (Wildman–Crippen LogP) is 2.19. The number of nitrogens with one attached hydrogen (secondary N) is 2. The SMILES string of the molecule is NS(=O)(=O)Nc1cccc(NCc2cc(F)ccc2F)c1. The third-order valence-electron chi connectivity index (χ3n) is 2.61. The molecule has 2 aromatic carbocycles. The topological polar surface area (TPSA) is 84.2 Å². The van der Waals surface area contributed by atoms with Gasteiger partial charge in [0.2, 0.25) is 0 Å². The van der Waals surface area contributed by atoms with E-state index >= 15 is 0 Å². The van der Waals surface area contributed by atoms with Gasteiger partial charge in [-0.15, -0.1) is 0 Å². The zero-order valence-corrected chi connectivity index (χ0v) is 11.6. The van der Waals surface area contributed by atoms with Crippen LogP contribution in [0.4, 0.5) is 20.2 Å². The molecule has 2 aromatic rings. The Morgan fingerprint density at radius 3 is 2.48 bits per heavy atom. The fourth-order valence-corrected chi connectivity index (χ4v) is 2.19. The first kappa shape index (κ1) is 15.2. The lowest BCUT2D eigenvalue weighted by Crippen LogP contribution is -2.21. The average molecular weight is 313 g/mol. The molecule has 0 saturated heterocycles. The van der Waals surface area contributed by atoms with Gasteiger partial charge in [-0.1, -0.05) is 6.07 Å². The molecule has 112 valence electrons. The summed E-state index contributed by atoms with van der Waals surface area (Å²) >= 11 is 0. The summed E-state index contributed by atoms with van der Waals surface area (Å²) in [4.78, 5) is 0. The number of benzene rings is 2. The van der Waals surface area contributed by atoms with Crippen LogP contribution >= 0.6 is 0 Å². The Bertz CT molecular complexity index is 751. The van der Waals surface area contributed by atoms with E-state index in [-0.39, 0.29) is 17.8 Å². The Kier molecular flexibility index (Phi) is 4.39. The Morgan fingerprint density at radius 1 is 1.05 bits per heavy atom. The minimum atomic E-state index is -3.86. The Hall–Kier alpha value is -2.19. The van der Waals surface area contributed by atoms with E-state index < -0.39 is 21.8 Å². The van der Waals surface area contributed by atoms with Gasteiger partial charge in [-0.25, -0.2) is 13.9 Å². The van der Waals surface area contributed by atoms with Crippen molar-refractivity contribution in [3.05, 3.63) is 59.7 Å². The lowest BCUT2D eigenvalue weighted by atomic mass is 10.2. The highest BCUT2D eigenvalue weighted by molar-refractivity contribution is 7.90. The van der Waals surface area contributed by atoms with Crippen LogP contribution in [0.15, 0.2) is 42.5 Å². The molecule has 0 fully saturated rings. The molecule has 0 aliphatic rings. The molecule has 0 saturated carbocycles. The molecule has 4 N–H and O–H groups in total. The van der Waals surface area contributed by atoms with Gasteiger partial charge in [0.05, 0.1) is 5.69 Å². The van der Waals surface area contributed by atoms with Crippen LogP contribution in [0.5, 0.6) is 0 Å². The summed E-state index contributed by atoms with van der Waals surface area (Å²) < 4.78 is 50.5. The van der Waals surface area contributed by atoms with Gasteiger partial charge < -0.3 is 5.32 Å². The fourth-order valence-electron chi connectivity index (χ4n) is 1.73. The molecule has 0 radical (unpaired) electrons. The van der Waals surface area contributed by atoms with Gasteiger partial charge in [0.25, 0.3) is 10.2 Å². The third-order valence-corrected chi connectivity index (χ3v) is 3.13. The van der Waals surface area contributed by atoms with Crippen LogP contribution in [0.1, 0.15) is 5.56 Å². The summed E-state index contributed by atoms with van der Waals surface area (Å²) in [6.45, 7) is 0.0580. The van der Waals surface area contributed by atoms with Crippen molar-refractivity contribution >= 4 is 21.6 Å². The first-order valence-corrected chi connectivity index (χ1v) is 7.46. The molecular formula is C13H13F2N3O2S. The molecule has 8 heteroatoms. The molecule has 0 amide bonds. The molecule has 2 rings (SSSR count). The van der Waals surface area contributed by atoms with Crippen molar-refractivity contribution in [1.82, 2.24) is 0 Å². The monoisotopic (exact) mass is 313 g/mol. The molecule has 5 nitrogen and oxygen atoms in total. The van der Waals surface area contributed by atoms with E-state index in [4.69, 9.17) is 5.14 Å². The van der Waals surface area contributed by atoms with E-state index in [1.807, 2.05) is 0 Å². The van der Waals surface area contributed by atoms with Gasteiger partial charge in [-0.2, -0.15) is 8.42 Å². The highest BCUT2D eigenvalue weighted by Crippen LogP contribution is 2.17. The fraction of sp³-hybridized carbons (Fsp3) is 0.0769. The van der Waals surface area contributed by atoms with Gasteiger partial charge in [-0.05, 0) is 36.4 Å². The minimum absolute atomic E-state index is 0.0580. The minimum Gasteiger partial charge on any atom is -0.381 e. The van der Waals surface area contributed by atoms with Gasteiger partial charge in [0.1, 0.15) is 11.6 Å². The smallest absolute Gasteiger partial charge is 0.296 e. The summed E-state index contributed by atoms with van der Waals surface area (Å²) in [5, 5.41) is 7.74. The van der Waals surface area contributed by atoms with E-state index in [2.05, 4.69) is 10.0 Å². The number of rotatable bonds is 5. The van der Waals surface area contributed by atoms with Gasteiger partial charge >= 0.3 is 0 Å². The van der Waals surface area contributed by atoms with Crippen LogP contribution in [0.3, 0.4) is 0 Å². The second-order valence-electron chi connectivity index (χ2n) is 4.32. The van der Waals surface area contributed by atoms with Crippen molar-refractivity contribution in [3.63, 3.8) is 0 Å². The standard InChI is InChI=1S/C13H13F2N3O2S/c14-10-4-5-13(15)9(6-10)8-17-11-2-1-3-12(7-11)18-21(16,19)20/h1-7,17-18H,8H2,(H2,16,19,20). The van der Waals surface area contributed by atoms with Crippen LogP contribution in [0.2, 0.25) is 0 Å². The molecule has 0 aliphatic carbocycles. The van der Waals surface area contributed by atoms with Crippen molar-refractivity contribution < 1.29 is 17.2 Å². The largest absolute Gasteiger partial charge is 0.381 e. The number of anilines is 2. The molecule has 0 atom stereocenters. The maximum absolute atomic E-state index is 13.5. The Balaban J connectivity index is 2.10. The number of hydrogen-bond acceptors (Lipinski definition) is 3. The van der Waals surface area contributed by atoms with E-state index in [0.29, 0.717) is 5.69 Å². The van der Waals surface area contributed by atoms with Crippen LogP contribution < -0.4 is 15.2 Å². The van der Waals surface area contributed by atoms with E-state index in [1.165, 1.54) is 12.1 Å². The second kappa shape index (κ2) is 6.06. The number of nitrogens with two attached hydrogens (primary N) is 1. The molecule has 0 aromatic heterocycles. The number of hydrogen-bond donors (Lipinski definition) is 3. The summed E-state index contributed by atoms with van der Waals surface area (Å²) in [5.74, 6) is -1.06. The first-order valence-electron chi connectivity index (χ1n) is 5.92. The van der Waals surface area contributed by atoms with E-state index in [0.717, 1.165) is 18.2 Å². The third kappa shape index (κ3) is 4.69. The van der Waals surface area contributed by atoms with Crippen molar-refractivity contribution in [3.8, 4) is 0 Å². The van der Waals surface area contributed by atoms with Crippen LogP contribution in [0, 0.1) is 11.6 Å². The second-order valence-corrected chi connectivity index (χ2v) is 5.61. The molecule has 0 aliphatic heterocycles. The molecule has 0 spiro atoms. The Labute approximate surface area is 121 Å². The van der Waals surface area contributed by atoms with Crippen molar-refractivity contribution in [2.75, 3.05) is 10.0 Å². The molecule has 21 heavy (non-hydrogen) atoms. The number of halogens is 2. The molecule has 0 unspecified atom stereocenters. The van der Waals surface area contributed by atoms with Gasteiger partial charge in [0.15, 0.2) is 0 Å². The van der Waals surface area contributed by atoms with Gasteiger partial charge in [-0.3, -0.25) is 4.72 Å². The zero-order valence-electron chi connectivity index (χ0n) is 10.8. The first-order chi connectivity index (χ1) is 9.83. The Morgan fingerprint density at radius 2 is 1.76 bits per heavy atom. The molecular weight excluding hydrogens is 300 g/mol. The average Bonchev–Trinajstić information content (AvgIpc) is 2.38.